The fourth-order valence-corrected chi connectivity index (χ4v) is 8.09. The summed E-state index contributed by atoms with van der Waals surface area (Å²) in [5, 5.41) is 0. The van der Waals surface area contributed by atoms with Crippen molar-refractivity contribution in [2.24, 2.45) is 30.7 Å². The molecule has 7 rings (SSSR count). The van der Waals surface area contributed by atoms with E-state index < -0.39 is 0 Å². The summed E-state index contributed by atoms with van der Waals surface area (Å²) in [5.74, 6) is 3.72. The monoisotopic (exact) mass is 401 g/mol. The van der Waals surface area contributed by atoms with Crippen molar-refractivity contribution >= 4 is 0 Å². The van der Waals surface area contributed by atoms with Gasteiger partial charge in [0.2, 0.25) is 0 Å². The number of benzene rings is 1. The number of aryl methyl sites for hydroxylation is 1. The van der Waals surface area contributed by atoms with Gasteiger partial charge in [-0.3, -0.25) is 0 Å². The normalized spacial score (nSPS) is 34.2. The molecule has 2 heteroatoms. The highest BCUT2D eigenvalue weighted by molar-refractivity contribution is 5.64. The zero-order chi connectivity index (χ0) is 20.5. The second-order valence-corrected chi connectivity index (χ2v) is 11.6. The summed E-state index contributed by atoms with van der Waals surface area (Å²) in [7, 11) is 2.18. The molecule has 5 saturated carbocycles. The van der Waals surface area contributed by atoms with E-state index in [1.807, 2.05) is 0 Å². The maximum atomic E-state index is 5.08. The molecule has 158 valence electrons. The topological polar surface area (TPSA) is 16.8 Å². The zero-order valence-electron chi connectivity index (χ0n) is 19.0. The van der Waals surface area contributed by atoms with Crippen LogP contribution in [0.4, 0.5) is 0 Å². The standard InChI is InChI=1S/C28H37N2/c1-4-27(2,22-9-10-22)24-8-6-5-7-23(24)25-14-26(29-18-30(25)3)28-15-19-11-20(16-28)13-21(12-19)17-28/h5-8,14,18-22H,4,9-13,15-17H2,1-3H3/q+1. The average Bonchev–Trinajstić information content (AvgIpc) is 3.58. The van der Waals surface area contributed by atoms with Gasteiger partial charge < -0.3 is 0 Å². The lowest BCUT2D eigenvalue weighted by molar-refractivity contribution is -0.663. The molecule has 2 aromatic rings. The Balaban J connectivity index is 1.45. The molecule has 4 bridgehead atoms. The molecule has 0 saturated heterocycles. The number of hydrogen-bond acceptors (Lipinski definition) is 1. The van der Waals surface area contributed by atoms with Gasteiger partial charge in [-0.25, -0.2) is 4.57 Å². The Morgan fingerprint density at radius 3 is 2.27 bits per heavy atom. The minimum absolute atomic E-state index is 0.285. The third-order valence-electron chi connectivity index (χ3n) is 9.64. The Bertz CT molecular complexity index is 937. The quantitative estimate of drug-likeness (QED) is 0.552. The summed E-state index contributed by atoms with van der Waals surface area (Å²) in [6.45, 7) is 4.88. The van der Waals surface area contributed by atoms with Crippen molar-refractivity contribution in [3.8, 4) is 11.3 Å². The van der Waals surface area contributed by atoms with Crippen molar-refractivity contribution in [1.29, 1.82) is 0 Å². The number of nitrogens with zero attached hydrogens (tertiary/aromatic N) is 2. The highest BCUT2D eigenvalue weighted by Gasteiger charge is 2.54. The maximum Gasteiger partial charge on any atom is 0.286 e. The second kappa shape index (κ2) is 6.65. The second-order valence-electron chi connectivity index (χ2n) is 11.6. The van der Waals surface area contributed by atoms with Gasteiger partial charge in [-0.05, 0) is 92.4 Å². The maximum absolute atomic E-state index is 5.08. The number of aromatic nitrogens is 2. The van der Waals surface area contributed by atoms with Crippen LogP contribution in [0.5, 0.6) is 0 Å². The first-order chi connectivity index (χ1) is 14.5. The summed E-state index contributed by atoms with van der Waals surface area (Å²) in [6.07, 6.45) is 14.7. The van der Waals surface area contributed by atoms with Crippen LogP contribution in [-0.2, 0) is 17.9 Å². The molecule has 1 aromatic carbocycles. The summed E-state index contributed by atoms with van der Waals surface area (Å²) < 4.78 is 2.27. The van der Waals surface area contributed by atoms with E-state index in [0.29, 0.717) is 5.41 Å². The van der Waals surface area contributed by atoms with Gasteiger partial charge in [0, 0.05) is 17.0 Å². The average molecular weight is 402 g/mol. The molecule has 0 spiro atoms. The number of hydrogen-bond donors (Lipinski definition) is 0. The van der Waals surface area contributed by atoms with E-state index >= 15 is 0 Å². The molecule has 1 aromatic heterocycles. The van der Waals surface area contributed by atoms with Gasteiger partial charge in [-0.2, -0.15) is 0 Å². The molecule has 5 aliphatic carbocycles. The van der Waals surface area contributed by atoms with E-state index in [9.17, 15) is 0 Å². The van der Waals surface area contributed by atoms with Crippen LogP contribution >= 0.6 is 0 Å². The predicted octanol–water partition coefficient (Wildman–Crippen LogP) is 6.12. The lowest BCUT2D eigenvalue weighted by atomic mass is 9.49. The minimum atomic E-state index is 0.285. The highest BCUT2D eigenvalue weighted by Crippen LogP contribution is 2.60. The first-order valence-corrected chi connectivity index (χ1v) is 12.5. The van der Waals surface area contributed by atoms with Gasteiger partial charge in [0.1, 0.15) is 5.69 Å². The first kappa shape index (κ1) is 19.0. The van der Waals surface area contributed by atoms with Crippen molar-refractivity contribution in [2.75, 3.05) is 0 Å². The molecule has 0 radical (unpaired) electrons. The molecule has 1 unspecified atom stereocenters. The Labute approximate surface area is 182 Å². The molecule has 2 nitrogen and oxygen atoms in total. The van der Waals surface area contributed by atoms with Crippen LogP contribution in [-0.4, -0.2) is 4.98 Å². The minimum Gasteiger partial charge on any atom is -0.233 e. The fourth-order valence-electron chi connectivity index (χ4n) is 8.09. The van der Waals surface area contributed by atoms with Crippen LogP contribution in [0.3, 0.4) is 0 Å². The molecular weight excluding hydrogens is 364 g/mol. The van der Waals surface area contributed by atoms with Crippen LogP contribution < -0.4 is 4.57 Å². The largest absolute Gasteiger partial charge is 0.286 e. The molecule has 1 heterocycles. The van der Waals surface area contributed by atoms with Crippen LogP contribution in [0.25, 0.3) is 11.3 Å². The Kier molecular flexibility index (Phi) is 4.21. The molecule has 0 amide bonds. The van der Waals surface area contributed by atoms with E-state index in [4.69, 9.17) is 4.98 Å². The summed E-state index contributed by atoms with van der Waals surface area (Å²) in [4.78, 5) is 5.08. The van der Waals surface area contributed by atoms with E-state index in [0.717, 1.165) is 23.7 Å². The molecule has 5 aliphatic rings. The third kappa shape index (κ3) is 2.82. The predicted molar refractivity (Wildman–Crippen MR) is 121 cm³/mol. The molecule has 1 atom stereocenters. The van der Waals surface area contributed by atoms with Gasteiger partial charge in [0.25, 0.3) is 6.33 Å². The smallest absolute Gasteiger partial charge is 0.233 e. The van der Waals surface area contributed by atoms with Crippen molar-refractivity contribution in [1.82, 2.24) is 4.98 Å². The van der Waals surface area contributed by atoms with Crippen LogP contribution in [0.2, 0.25) is 0 Å². The van der Waals surface area contributed by atoms with Crippen molar-refractivity contribution in [3.05, 3.63) is 47.9 Å². The fraction of sp³-hybridized carbons (Fsp3) is 0.643. The van der Waals surface area contributed by atoms with Crippen molar-refractivity contribution in [2.45, 2.75) is 82.5 Å². The Hall–Kier alpha value is -1.70. The SMILES string of the molecule is CCC(C)(c1ccccc1-c1cc(C23CC4CC(CC(C4)C2)C3)nc[n+]1C)C1CC1. The summed E-state index contributed by atoms with van der Waals surface area (Å²) in [5.41, 5.74) is 6.39. The molecule has 0 N–H and O–H groups in total. The van der Waals surface area contributed by atoms with Gasteiger partial charge in [0.05, 0.1) is 7.05 Å². The van der Waals surface area contributed by atoms with Crippen molar-refractivity contribution in [3.63, 3.8) is 0 Å². The molecule has 0 aliphatic heterocycles. The zero-order valence-corrected chi connectivity index (χ0v) is 19.0. The van der Waals surface area contributed by atoms with Gasteiger partial charge in [-0.15, -0.1) is 0 Å². The van der Waals surface area contributed by atoms with Gasteiger partial charge in [0.15, 0.2) is 5.69 Å². The Morgan fingerprint density at radius 2 is 1.67 bits per heavy atom. The molecule has 30 heavy (non-hydrogen) atoms. The third-order valence-corrected chi connectivity index (χ3v) is 9.64. The van der Waals surface area contributed by atoms with E-state index in [1.165, 1.54) is 74.7 Å². The highest BCUT2D eigenvalue weighted by atomic mass is 15.0. The van der Waals surface area contributed by atoms with Crippen LogP contribution in [0.1, 0.15) is 82.9 Å². The summed E-state index contributed by atoms with van der Waals surface area (Å²) in [6, 6.07) is 11.7. The van der Waals surface area contributed by atoms with E-state index in [2.05, 4.69) is 62.1 Å². The summed E-state index contributed by atoms with van der Waals surface area (Å²) >= 11 is 0. The van der Waals surface area contributed by atoms with Gasteiger partial charge >= 0.3 is 0 Å². The van der Waals surface area contributed by atoms with Gasteiger partial charge in [-0.1, -0.05) is 43.1 Å². The molecule has 5 fully saturated rings. The van der Waals surface area contributed by atoms with Crippen LogP contribution in [0, 0.1) is 23.7 Å². The molecular formula is C28H37N2+. The van der Waals surface area contributed by atoms with E-state index in [1.54, 1.807) is 5.56 Å². The van der Waals surface area contributed by atoms with E-state index in [-0.39, 0.29) is 5.41 Å². The Morgan fingerprint density at radius 1 is 1.03 bits per heavy atom. The van der Waals surface area contributed by atoms with Crippen LogP contribution in [0.15, 0.2) is 36.7 Å². The number of rotatable bonds is 5. The lowest BCUT2D eigenvalue weighted by Crippen LogP contribution is -2.49. The first-order valence-electron chi connectivity index (χ1n) is 12.5. The van der Waals surface area contributed by atoms with Crippen molar-refractivity contribution < 1.29 is 4.57 Å². The lowest BCUT2D eigenvalue weighted by Gasteiger charge is -2.55.